The van der Waals surface area contributed by atoms with Crippen LogP contribution in [-0.4, -0.2) is 21.5 Å². The predicted octanol–water partition coefficient (Wildman–Crippen LogP) is 3.95. The highest BCUT2D eigenvalue weighted by atomic mass is 16.7. The van der Waals surface area contributed by atoms with E-state index in [9.17, 15) is 4.79 Å². The number of fused-ring (bicyclic) bond motifs is 1. The van der Waals surface area contributed by atoms with E-state index in [-0.39, 0.29) is 5.91 Å². The Balaban J connectivity index is 2.01. The standard InChI is InChI=1S/C20H21N3O2/c1-20(2,3)25-23-19(24)17(14-8-5-4-6-9-14)12-15-13-22-18-16(15)10-7-11-21-18/h4-13H,1-3H3,(H,21,22)(H,23,24)/b17-12+. The lowest BCUT2D eigenvalue weighted by Gasteiger charge is -2.19. The lowest BCUT2D eigenvalue weighted by molar-refractivity contribution is -0.139. The van der Waals surface area contributed by atoms with Crippen LogP contribution in [0.4, 0.5) is 0 Å². The number of amides is 1. The van der Waals surface area contributed by atoms with Crippen LogP contribution in [0, 0.1) is 0 Å². The van der Waals surface area contributed by atoms with E-state index in [0.717, 1.165) is 22.2 Å². The van der Waals surface area contributed by atoms with E-state index in [1.54, 1.807) is 6.20 Å². The molecule has 0 bridgehead atoms. The van der Waals surface area contributed by atoms with Crippen LogP contribution in [0.5, 0.6) is 0 Å². The minimum absolute atomic E-state index is 0.292. The molecule has 5 heteroatoms. The minimum Gasteiger partial charge on any atom is -0.346 e. The van der Waals surface area contributed by atoms with E-state index in [1.165, 1.54) is 0 Å². The van der Waals surface area contributed by atoms with Crippen LogP contribution in [0.2, 0.25) is 0 Å². The maximum atomic E-state index is 12.7. The number of benzene rings is 1. The molecular formula is C20H21N3O2. The predicted molar refractivity (Wildman–Crippen MR) is 99.4 cm³/mol. The Morgan fingerprint density at radius 3 is 2.64 bits per heavy atom. The summed E-state index contributed by atoms with van der Waals surface area (Å²) in [5.74, 6) is -0.292. The molecule has 2 aromatic heterocycles. The molecule has 1 aromatic carbocycles. The third kappa shape index (κ3) is 4.14. The average molecular weight is 335 g/mol. The van der Waals surface area contributed by atoms with Crippen molar-refractivity contribution in [3.05, 3.63) is 66.0 Å². The van der Waals surface area contributed by atoms with Gasteiger partial charge in [-0.25, -0.2) is 10.5 Å². The van der Waals surface area contributed by atoms with Gasteiger partial charge in [0.25, 0.3) is 5.91 Å². The topological polar surface area (TPSA) is 67.0 Å². The number of nitrogens with one attached hydrogen (secondary N) is 2. The van der Waals surface area contributed by atoms with Crippen molar-refractivity contribution in [2.24, 2.45) is 0 Å². The Bertz CT molecular complexity index is 905. The van der Waals surface area contributed by atoms with Gasteiger partial charge in [-0.2, -0.15) is 0 Å². The van der Waals surface area contributed by atoms with Crippen molar-refractivity contribution < 1.29 is 9.63 Å². The molecule has 1 amide bonds. The summed E-state index contributed by atoms with van der Waals surface area (Å²) in [5.41, 5.74) is 5.10. The first-order valence-electron chi connectivity index (χ1n) is 8.11. The number of hydroxylamine groups is 1. The molecule has 3 aromatic rings. The van der Waals surface area contributed by atoms with E-state index in [4.69, 9.17) is 4.84 Å². The number of rotatable bonds is 4. The van der Waals surface area contributed by atoms with Crippen LogP contribution in [0.15, 0.2) is 54.9 Å². The Kier molecular flexibility index (Phi) is 4.67. The molecular weight excluding hydrogens is 314 g/mol. The molecule has 0 aliphatic rings. The van der Waals surface area contributed by atoms with E-state index < -0.39 is 5.60 Å². The third-order valence-electron chi connectivity index (χ3n) is 3.56. The molecule has 0 saturated heterocycles. The largest absolute Gasteiger partial charge is 0.346 e. The van der Waals surface area contributed by atoms with Crippen LogP contribution >= 0.6 is 0 Å². The van der Waals surface area contributed by atoms with Gasteiger partial charge in [0, 0.05) is 28.9 Å². The van der Waals surface area contributed by atoms with Crippen LogP contribution in [0.3, 0.4) is 0 Å². The lowest BCUT2D eigenvalue weighted by Crippen LogP contribution is -2.34. The zero-order chi connectivity index (χ0) is 17.9. The van der Waals surface area contributed by atoms with E-state index in [1.807, 2.05) is 75.5 Å². The van der Waals surface area contributed by atoms with Gasteiger partial charge in [0.05, 0.1) is 5.60 Å². The molecule has 0 saturated carbocycles. The van der Waals surface area contributed by atoms with Crippen LogP contribution < -0.4 is 5.48 Å². The number of aromatic nitrogens is 2. The van der Waals surface area contributed by atoms with Gasteiger partial charge in [-0.1, -0.05) is 30.3 Å². The normalized spacial score (nSPS) is 12.4. The molecule has 0 fully saturated rings. The zero-order valence-corrected chi connectivity index (χ0v) is 14.5. The molecule has 0 atom stereocenters. The average Bonchev–Trinajstić information content (AvgIpc) is 3.01. The minimum atomic E-state index is -0.470. The molecule has 0 spiro atoms. The summed E-state index contributed by atoms with van der Waals surface area (Å²) in [6.45, 7) is 5.64. The van der Waals surface area contributed by atoms with E-state index >= 15 is 0 Å². The third-order valence-corrected chi connectivity index (χ3v) is 3.56. The fourth-order valence-corrected chi connectivity index (χ4v) is 2.40. The monoisotopic (exact) mass is 335 g/mol. The molecule has 0 radical (unpaired) electrons. The van der Waals surface area contributed by atoms with Crippen LogP contribution in [0.25, 0.3) is 22.7 Å². The second kappa shape index (κ2) is 6.91. The van der Waals surface area contributed by atoms with Crippen molar-refractivity contribution in [1.82, 2.24) is 15.4 Å². The number of hydrogen-bond donors (Lipinski definition) is 2. The van der Waals surface area contributed by atoms with Gasteiger partial charge >= 0.3 is 0 Å². The van der Waals surface area contributed by atoms with Gasteiger partial charge in [-0.05, 0) is 44.5 Å². The van der Waals surface area contributed by atoms with Gasteiger partial charge in [-0.15, -0.1) is 0 Å². The fraction of sp³-hybridized carbons (Fsp3) is 0.200. The maximum absolute atomic E-state index is 12.7. The van der Waals surface area contributed by atoms with E-state index in [2.05, 4.69) is 15.4 Å². The molecule has 2 heterocycles. The summed E-state index contributed by atoms with van der Waals surface area (Å²) in [6, 6.07) is 13.4. The Labute approximate surface area is 146 Å². The fourth-order valence-electron chi connectivity index (χ4n) is 2.40. The van der Waals surface area contributed by atoms with Crippen molar-refractivity contribution in [2.45, 2.75) is 26.4 Å². The highest BCUT2D eigenvalue weighted by molar-refractivity contribution is 6.24. The number of hydrogen-bond acceptors (Lipinski definition) is 3. The molecule has 0 aliphatic heterocycles. The number of nitrogens with zero attached hydrogens (tertiary/aromatic N) is 1. The first-order valence-corrected chi connectivity index (χ1v) is 8.11. The van der Waals surface area contributed by atoms with Crippen LogP contribution in [0.1, 0.15) is 31.9 Å². The number of carbonyl (C=O) groups is 1. The number of carbonyl (C=O) groups excluding carboxylic acids is 1. The first-order chi connectivity index (χ1) is 11.9. The summed E-state index contributed by atoms with van der Waals surface area (Å²) < 4.78 is 0. The highest BCUT2D eigenvalue weighted by Crippen LogP contribution is 2.23. The van der Waals surface area contributed by atoms with Crippen LogP contribution in [-0.2, 0) is 9.63 Å². The highest BCUT2D eigenvalue weighted by Gasteiger charge is 2.17. The Hall–Kier alpha value is -2.92. The Morgan fingerprint density at radius 1 is 1.16 bits per heavy atom. The Morgan fingerprint density at radius 2 is 1.92 bits per heavy atom. The van der Waals surface area contributed by atoms with Gasteiger partial charge < -0.3 is 4.98 Å². The molecule has 5 nitrogen and oxygen atoms in total. The molecule has 25 heavy (non-hydrogen) atoms. The first kappa shape index (κ1) is 16.9. The molecule has 128 valence electrons. The summed E-state index contributed by atoms with van der Waals surface area (Å²) in [5, 5.41) is 0.959. The number of aromatic amines is 1. The van der Waals surface area contributed by atoms with Gasteiger partial charge in [-0.3, -0.25) is 9.63 Å². The number of pyridine rings is 1. The van der Waals surface area contributed by atoms with Gasteiger partial charge in [0.1, 0.15) is 5.65 Å². The number of H-pyrrole nitrogens is 1. The van der Waals surface area contributed by atoms with Gasteiger partial charge in [0.15, 0.2) is 0 Å². The SMILES string of the molecule is CC(C)(C)ONC(=O)/C(=C/c1c[nH]c2ncccc12)c1ccccc1. The van der Waals surface area contributed by atoms with Crippen molar-refractivity contribution >= 4 is 28.6 Å². The van der Waals surface area contributed by atoms with Crippen molar-refractivity contribution in [3.63, 3.8) is 0 Å². The van der Waals surface area contributed by atoms with Crippen molar-refractivity contribution in [1.29, 1.82) is 0 Å². The zero-order valence-electron chi connectivity index (χ0n) is 14.5. The summed E-state index contributed by atoms with van der Waals surface area (Å²) in [7, 11) is 0. The second-order valence-electron chi connectivity index (χ2n) is 6.71. The smallest absolute Gasteiger partial charge is 0.275 e. The van der Waals surface area contributed by atoms with Crippen molar-refractivity contribution in [2.75, 3.05) is 0 Å². The molecule has 3 rings (SSSR count). The maximum Gasteiger partial charge on any atom is 0.275 e. The summed E-state index contributed by atoms with van der Waals surface area (Å²) >= 11 is 0. The quantitative estimate of drug-likeness (QED) is 0.560. The van der Waals surface area contributed by atoms with Gasteiger partial charge in [0.2, 0.25) is 0 Å². The lowest BCUT2D eigenvalue weighted by atomic mass is 10.0. The van der Waals surface area contributed by atoms with Crippen molar-refractivity contribution in [3.8, 4) is 0 Å². The summed E-state index contributed by atoms with van der Waals surface area (Å²) in [6.07, 6.45) is 5.42. The second-order valence-corrected chi connectivity index (χ2v) is 6.71. The summed E-state index contributed by atoms with van der Waals surface area (Å²) in [4.78, 5) is 25.6. The molecule has 0 aliphatic carbocycles. The molecule has 2 N–H and O–H groups in total. The molecule has 0 unspecified atom stereocenters. The van der Waals surface area contributed by atoms with E-state index in [0.29, 0.717) is 5.57 Å².